The fourth-order valence-electron chi connectivity index (χ4n) is 0.883. The molecule has 0 unspecified atom stereocenters. The molecular weight excluding hydrogens is 145 g/mol. The smallest absolute Gasteiger partial charge is 0.155 e. The Morgan fingerprint density at radius 3 is 2.70 bits per heavy atom. The molecule has 1 heterocycles. The second-order valence-electron chi connectivity index (χ2n) is 2.12. The summed E-state index contributed by atoms with van der Waals surface area (Å²) in [5, 5.41) is 9.55. The van der Waals surface area contributed by atoms with Crippen molar-refractivity contribution in [2.24, 2.45) is 0 Å². The van der Waals surface area contributed by atoms with E-state index in [9.17, 15) is 0 Å². The molecule has 0 saturated carbocycles. The molecule has 10 heavy (non-hydrogen) atoms. The van der Waals surface area contributed by atoms with Crippen LogP contribution in [0.5, 0.6) is 0 Å². The van der Waals surface area contributed by atoms with E-state index in [2.05, 4.69) is 11.9 Å². The predicted molar refractivity (Wildman–Crippen MR) is 45.6 cm³/mol. The second kappa shape index (κ2) is 3.17. The van der Waals surface area contributed by atoms with Gasteiger partial charge in [-0.15, -0.1) is 11.3 Å². The van der Waals surface area contributed by atoms with Crippen LogP contribution in [0.25, 0.3) is 0 Å². The van der Waals surface area contributed by atoms with Crippen molar-refractivity contribution in [2.45, 2.75) is 20.0 Å². The molecule has 0 aliphatic carbocycles. The Morgan fingerprint density at radius 1 is 1.70 bits per heavy atom. The number of thiazole rings is 1. The van der Waals surface area contributed by atoms with E-state index in [0.717, 1.165) is 17.1 Å². The highest BCUT2D eigenvalue weighted by molar-refractivity contribution is 7.19. The summed E-state index contributed by atoms with van der Waals surface area (Å²) in [6.45, 7) is 2.15. The fourth-order valence-corrected chi connectivity index (χ4v) is 1.76. The molecule has 1 rings (SSSR count). The number of hydrogen-bond acceptors (Lipinski definition) is 3. The molecule has 0 aliphatic heterocycles. The molecule has 1 aromatic heterocycles. The highest BCUT2D eigenvalue weighted by atomic mass is 32.1. The van der Waals surface area contributed by atoms with Crippen LogP contribution in [0.15, 0.2) is 0 Å². The van der Waals surface area contributed by atoms with E-state index in [0.29, 0.717) is 0 Å². The van der Waals surface area contributed by atoms with Crippen LogP contribution >= 0.6 is 11.3 Å². The van der Waals surface area contributed by atoms with Gasteiger partial charge in [-0.2, -0.15) is 0 Å². The van der Waals surface area contributed by atoms with Crippen molar-refractivity contribution in [3.8, 4) is 0 Å². The van der Waals surface area contributed by atoms with E-state index in [4.69, 9.17) is 5.11 Å². The van der Waals surface area contributed by atoms with E-state index in [1.54, 1.807) is 11.3 Å². The van der Waals surface area contributed by atoms with Gasteiger partial charge in [0.25, 0.3) is 0 Å². The van der Waals surface area contributed by atoms with E-state index >= 15 is 0 Å². The Hall–Kier alpha value is -0.345. The van der Waals surface area contributed by atoms with Crippen molar-refractivity contribution in [1.82, 2.24) is 4.98 Å². The Morgan fingerprint density at radius 2 is 2.40 bits per heavy atom. The number of aryl methyl sites for hydroxylation is 1. The maximum absolute atomic E-state index is 8.72. The summed E-state index contributed by atoms with van der Waals surface area (Å²) in [6, 6.07) is 0. The Labute approximate surface area is 65.3 Å². The molecule has 1 aromatic rings. The zero-order valence-electron chi connectivity index (χ0n) is 6.22. The van der Waals surface area contributed by atoms with Crippen LogP contribution < -0.4 is 4.78 Å². The van der Waals surface area contributed by atoms with Crippen molar-refractivity contribution >= 4 is 24.0 Å². The lowest BCUT2D eigenvalue weighted by Gasteiger charge is -1.86. The van der Waals surface area contributed by atoms with Crippen molar-refractivity contribution < 1.29 is 5.11 Å². The minimum Gasteiger partial charge on any atom is -0.389 e. The van der Waals surface area contributed by atoms with Gasteiger partial charge in [0.1, 0.15) is 5.01 Å². The maximum atomic E-state index is 8.72. The first-order valence-electron chi connectivity index (χ1n) is 3.34. The first-order valence-corrected chi connectivity index (χ1v) is 4.15. The summed E-state index contributed by atoms with van der Waals surface area (Å²) in [7, 11) is 2.04. The van der Waals surface area contributed by atoms with Crippen LogP contribution in [-0.2, 0) is 13.0 Å². The molecule has 0 atom stereocenters. The van der Waals surface area contributed by atoms with E-state index in [1.165, 1.54) is 4.78 Å². The average molecular weight is 155 g/mol. The second-order valence-corrected chi connectivity index (χ2v) is 3.41. The largest absolute Gasteiger partial charge is 0.389 e. The molecule has 0 fully saturated rings. The van der Waals surface area contributed by atoms with E-state index in [1.807, 2.05) is 7.85 Å². The van der Waals surface area contributed by atoms with Gasteiger partial charge in [-0.3, -0.25) is 0 Å². The van der Waals surface area contributed by atoms with Crippen LogP contribution in [0.2, 0.25) is 0 Å². The molecule has 0 saturated heterocycles. The maximum Gasteiger partial charge on any atom is 0.155 e. The normalized spacial score (nSPS) is 10.2. The standard InChI is InChI=1S/C6H10BNOS/c1-2-4-6(7)10-5(3-9)8-4/h9H,2-3,7H2,1H3. The highest BCUT2D eigenvalue weighted by Gasteiger charge is 2.02. The first kappa shape index (κ1) is 7.76. The molecule has 0 radical (unpaired) electrons. The molecule has 0 aromatic carbocycles. The van der Waals surface area contributed by atoms with Gasteiger partial charge in [0.2, 0.25) is 0 Å². The van der Waals surface area contributed by atoms with Gasteiger partial charge >= 0.3 is 0 Å². The molecular formula is C6H10BNOS. The fraction of sp³-hybridized carbons (Fsp3) is 0.500. The van der Waals surface area contributed by atoms with Gasteiger partial charge in [0, 0.05) is 5.69 Å². The number of nitrogens with zero attached hydrogens (tertiary/aromatic N) is 1. The zero-order valence-corrected chi connectivity index (χ0v) is 7.03. The molecule has 0 bridgehead atoms. The SMILES string of the molecule is Bc1sc(CO)nc1CC. The Balaban J connectivity index is 2.92. The third kappa shape index (κ3) is 1.38. The summed E-state index contributed by atoms with van der Waals surface area (Å²) < 4.78 is 1.23. The lowest BCUT2D eigenvalue weighted by molar-refractivity contribution is 0.281. The molecule has 0 amide bonds. The Kier molecular flexibility index (Phi) is 2.46. The minimum atomic E-state index is 0.0749. The van der Waals surface area contributed by atoms with Crippen LogP contribution in [0.4, 0.5) is 0 Å². The summed E-state index contributed by atoms with van der Waals surface area (Å²) in [5.41, 5.74) is 1.12. The molecule has 2 nitrogen and oxygen atoms in total. The van der Waals surface area contributed by atoms with Crippen LogP contribution in [-0.4, -0.2) is 17.9 Å². The van der Waals surface area contributed by atoms with Gasteiger partial charge in [0.05, 0.1) is 6.61 Å². The highest BCUT2D eigenvalue weighted by Crippen LogP contribution is 2.05. The van der Waals surface area contributed by atoms with E-state index < -0.39 is 0 Å². The number of rotatable bonds is 2. The Bertz CT molecular complexity index is 224. The summed E-state index contributed by atoms with van der Waals surface area (Å²) in [6.07, 6.45) is 0.961. The monoisotopic (exact) mass is 155 g/mol. The van der Waals surface area contributed by atoms with E-state index in [-0.39, 0.29) is 6.61 Å². The minimum absolute atomic E-state index is 0.0749. The van der Waals surface area contributed by atoms with Crippen LogP contribution in [0.1, 0.15) is 17.6 Å². The van der Waals surface area contributed by atoms with Crippen molar-refractivity contribution in [2.75, 3.05) is 0 Å². The average Bonchev–Trinajstić information content (AvgIpc) is 2.30. The van der Waals surface area contributed by atoms with Crippen LogP contribution in [0.3, 0.4) is 0 Å². The molecule has 1 N–H and O–H groups in total. The lowest BCUT2D eigenvalue weighted by atomic mass is 10.1. The zero-order chi connectivity index (χ0) is 7.56. The van der Waals surface area contributed by atoms with Crippen molar-refractivity contribution in [3.05, 3.63) is 10.7 Å². The lowest BCUT2D eigenvalue weighted by Crippen LogP contribution is -2.02. The van der Waals surface area contributed by atoms with Crippen molar-refractivity contribution in [1.29, 1.82) is 0 Å². The van der Waals surface area contributed by atoms with Gasteiger partial charge in [-0.25, -0.2) is 4.98 Å². The third-order valence-electron chi connectivity index (χ3n) is 1.41. The van der Waals surface area contributed by atoms with Gasteiger partial charge in [0.15, 0.2) is 7.85 Å². The molecule has 0 spiro atoms. The quantitative estimate of drug-likeness (QED) is 0.581. The van der Waals surface area contributed by atoms with Gasteiger partial charge in [-0.1, -0.05) is 6.92 Å². The molecule has 0 aliphatic rings. The third-order valence-corrected chi connectivity index (χ3v) is 2.40. The summed E-state index contributed by atoms with van der Waals surface area (Å²) in [5.74, 6) is 0. The number of aliphatic hydroxyl groups is 1. The number of aliphatic hydroxyl groups excluding tert-OH is 1. The predicted octanol–water partition coefficient (Wildman–Crippen LogP) is -0.544. The van der Waals surface area contributed by atoms with Gasteiger partial charge < -0.3 is 5.11 Å². The number of aromatic nitrogens is 1. The topological polar surface area (TPSA) is 33.1 Å². The van der Waals surface area contributed by atoms with Crippen molar-refractivity contribution in [3.63, 3.8) is 0 Å². The van der Waals surface area contributed by atoms with Crippen LogP contribution in [0, 0.1) is 0 Å². The van der Waals surface area contributed by atoms with Gasteiger partial charge in [-0.05, 0) is 11.2 Å². The molecule has 4 heteroatoms. The first-order chi connectivity index (χ1) is 4.77. The summed E-state index contributed by atoms with van der Waals surface area (Å²) >= 11 is 1.58. The molecule has 54 valence electrons. The number of hydrogen-bond donors (Lipinski definition) is 1. The summed E-state index contributed by atoms with van der Waals surface area (Å²) in [4.78, 5) is 4.22.